The van der Waals surface area contributed by atoms with Gasteiger partial charge >= 0.3 is 6.03 Å². The summed E-state index contributed by atoms with van der Waals surface area (Å²) in [7, 11) is 0. The number of hydrogen-bond acceptors (Lipinski definition) is 3. The van der Waals surface area contributed by atoms with Gasteiger partial charge in [0.25, 0.3) is 0 Å². The summed E-state index contributed by atoms with van der Waals surface area (Å²) in [4.78, 5) is 10.8. The average molecular weight is 338 g/mol. The molecule has 5 heteroatoms. The molecule has 4 atom stereocenters. The van der Waals surface area contributed by atoms with Crippen LogP contribution in [-0.4, -0.2) is 22.5 Å². The lowest BCUT2D eigenvalue weighted by molar-refractivity contribution is -0.168. The van der Waals surface area contributed by atoms with E-state index in [1.165, 1.54) is 19.3 Å². The van der Waals surface area contributed by atoms with Crippen molar-refractivity contribution < 1.29 is 9.90 Å². The van der Waals surface area contributed by atoms with Crippen molar-refractivity contribution in [2.75, 3.05) is 0 Å². The van der Waals surface area contributed by atoms with E-state index in [0.29, 0.717) is 11.3 Å². The van der Waals surface area contributed by atoms with E-state index in [2.05, 4.69) is 31.3 Å². The molecule has 2 rings (SSSR count). The molecule has 0 radical (unpaired) electrons. The van der Waals surface area contributed by atoms with Crippen molar-refractivity contribution in [1.82, 2.24) is 5.43 Å². The van der Waals surface area contributed by atoms with Gasteiger partial charge < -0.3 is 10.8 Å². The number of nitrogens with one attached hydrogen (secondary N) is 1. The number of nitrogens with zero attached hydrogens (tertiary/aromatic N) is 1. The zero-order chi connectivity index (χ0) is 18.2. The number of nitrogens with two attached hydrogens (primary N) is 1. The Kier molecular flexibility index (Phi) is 5.34. The molecular formula is C19H35N3O2. The van der Waals surface area contributed by atoms with Crippen LogP contribution in [0.4, 0.5) is 4.79 Å². The van der Waals surface area contributed by atoms with E-state index in [0.717, 1.165) is 31.4 Å². The Labute approximate surface area is 146 Å². The molecule has 4 N–H and O–H groups in total. The first kappa shape index (κ1) is 19.2. The van der Waals surface area contributed by atoms with Crippen LogP contribution in [0.5, 0.6) is 0 Å². The molecule has 0 bridgehead atoms. The summed E-state index contributed by atoms with van der Waals surface area (Å²) in [6.07, 6.45) is 7.36. The normalized spacial score (nSPS) is 39.2. The van der Waals surface area contributed by atoms with Crippen molar-refractivity contribution in [3.63, 3.8) is 0 Å². The highest BCUT2D eigenvalue weighted by molar-refractivity contribution is 5.83. The Balaban J connectivity index is 2.18. The van der Waals surface area contributed by atoms with Crippen LogP contribution < -0.4 is 11.2 Å². The lowest BCUT2D eigenvalue weighted by Crippen LogP contribution is -2.57. The fourth-order valence-corrected chi connectivity index (χ4v) is 5.83. The van der Waals surface area contributed by atoms with Crippen LogP contribution in [-0.2, 0) is 0 Å². The molecule has 0 heterocycles. The SMILES string of the molecule is C/C(CC[C@H]1[C@]2(C)CCCC(C)(C)[C@@H]2CC[C@]1(C)O)=N\NC(N)=O. The predicted octanol–water partition coefficient (Wildman–Crippen LogP) is 3.80. The van der Waals surface area contributed by atoms with Crippen LogP contribution in [0.15, 0.2) is 5.10 Å². The number of fused-ring (bicyclic) bond motifs is 1. The molecule has 24 heavy (non-hydrogen) atoms. The fourth-order valence-electron chi connectivity index (χ4n) is 5.83. The minimum Gasteiger partial charge on any atom is -0.390 e. The largest absolute Gasteiger partial charge is 0.390 e. The summed E-state index contributed by atoms with van der Waals surface area (Å²) >= 11 is 0. The predicted molar refractivity (Wildman–Crippen MR) is 97.6 cm³/mol. The maximum absolute atomic E-state index is 11.1. The monoisotopic (exact) mass is 337 g/mol. The zero-order valence-electron chi connectivity index (χ0n) is 16.0. The molecule has 2 aliphatic carbocycles. The third kappa shape index (κ3) is 3.76. The molecule has 2 saturated carbocycles. The maximum atomic E-state index is 11.1. The lowest BCUT2D eigenvalue weighted by Gasteiger charge is -2.61. The number of urea groups is 1. The number of carbonyl (C=O) groups excluding carboxylic acids is 1. The van der Waals surface area contributed by atoms with E-state index in [1.807, 2.05) is 13.8 Å². The van der Waals surface area contributed by atoms with Crippen LogP contribution in [0.1, 0.15) is 79.6 Å². The van der Waals surface area contributed by atoms with E-state index in [-0.39, 0.29) is 11.3 Å². The Bertz CT molecular complexity index is 513. The van der Waals surface area contributed by atoms with Gasteiger partial charge in [-0.05, 0) is 75.0 Å². The zero-order valence-corrected chi connectivity index (χ0v) is 16.0. The number of carbonyl (C=O) groups is 1. The lowest BCUT2D eigenvalue weighted by atomic mass is 9.45. The first-order valence-corrected chi connectivity index (χ1v) is 9.30. The molecule has 138 valence electrons. The third-order valence-corrected chi connectivity index (χ3v) is 6.91. The van der Waals surface area contributed by atoms with Gasteiger partial charge in [0.15, 0.2) is 0 Å². The summed E-state index contributed by atoms with van der Waals surface area (Å²) in [6, 6.07) is -0.639. The summed E-state index contributed by atoms with van der Waals surface area (Å²) < 4.78 is 0. The van der Waals surface area contributed by atoms with Gasteiger partial charge in [-0.2, -0.15) is 5.10 Å². The quantitative estimate of drug-likeness (QED) is 0.538. The molecular weight excluding hydrogens is 302 g/mol. The Hall–Kier alpha value is -1.10. The highest BCUT2D eigenvalue weighted by Gasteiger charge is 2.57. The van der Waals surface area contributed by atoms with Gasteiger partial charge in [-0.1, -0.05) is 27.2 Å². The third-order valence-electron chi connectivity index (χ3n) is 6.91. The second-order valence-corrected chi connectivity index (χ2v) is 9.21. The van der Waals surface area contributed by atoms with Crippen LogP contribution in [0, 0.1) is 22.7 Å². The Morgan fingerprint density at radius 3 is 2.54 bits per heavy atom. The first-order valence-electron chi connectivity index (χ1n) is 9.30. The summed E-state index contributed by atoms with van der Waals surface area (Å²) in [5.41, 5.74) is 8.10. The number of hydrazone groups is 1. The second kappa shape index (κ2) is 6.66. The maximum Gasteiger partial charge on any atom is 0.332 e. The second-order valence-electron chi connectivity index (χ2n) is 9.21. The van der Waals surface area contributed by atoms with Gasteiger partial charge in [-0.25, -0.2) is 10.2 Å². The molecule has 0 unspecified atom stereocenters. The van der Waals surface area contributed by atoms with Crippen molar-refractivity contribution in [2.24, 2.45) is 33.5 Å². The van der Waals surface area contributed by atoms with E-state index < -0.39 is 11.6 Å². The minimum absolute atomic E-state index is 0.168. The topological polar surface area (TPSA) is 87.7 Å². The van der Waals surface area contributed by atoms with E-state index in [4.69, 9.17) is 5.73 Å². The summed E-state index contributed by atoms with van der Waals surface area (Å²) in [5.74, 6) is 0.909. The van der Waals surface area contributed by atoms with Gasteiger partial charge in [0.1, 0.15) is 0 Å². The van der Waals surface area contributed by atoms with Gasteiger partial charge in [0.2, 0.25) is 0 Å². The fraction of sp³-hybridized carbons (Fsp3) is 0.895. The number of hydrogen-bond donors (Lipinski definition) is 3. The molecule has 0 spiro atoms. The molecule has 2 aliphatic rings. The summed E-state index contributed by atoms with van der Waals surface area (Å²) in [6.45, 7) is 11.1. The van der Waals surface area contributed by atoms with Crippen molar-refractivity contribution in [2.45, 2.75) is 85.2 Å². The van der Waals surface area contributed by atoms with Gasteiger partial charge in [0, 0.05) is 5.71 Å². The van der Waals surface area contributed by atoms with E-state index in [9.17, 15) is 9.90 Å². The number of rotatable bonds is 4. The molecule has 5 nitrogen and oxygen atoms in total. The van der Waals surface area contributed by atoms with Crippen molar-refractivity contribution in [1.29, 1.82) is 0 Å². The van der Waals surface area contributed by atoms with Gasteiger partial charge in [0.05, 0.1) is 5.60 Å². The standard InChI is InChI=1S/C19H35N3O2/c1-13(21-22-16(20)23)7-8-15-18(4)11-6-10-17(2,3)14(18)9-12-19(15,5)24/h14-15,24H,6-12H2,1-5H3,(H3,20,22,23)/b21-13+/t14-,15-,18+,19-/m0/s1. The molecule has 0 aliphatic heterocycles. The van der Waals surface area contributed by atoms with Crippen LogP contribution >= 0.6 is 0 Å². The van der Waals surface area contributed by atoms with Crippen molar-refractivity contribution in [3.8, 4) is 0 Å². The number of primary amides is 1. The average Bonchev–Trinajstić information content (AvgIpc) is 2.42. The highest BCUT2D eigenvalue weighted by atomic mass is 16.3. The molecule has 0 aromatic rings. The number of aliphatic hydroxyl groups is 1. The van der Waals surface area contributed by atoms with Crippen LogP contribution in [0.3, 0.4) is 0 Å². The number of amides is 2. The van der Waals surface area contributed by atoms with E-state index in [1.54, 1.807) is 0 Å². The van der Waals surface area contributed by atoms with E-state index >= 15 is 0 Å². The van der Waals surface area contributed by atoms with Crippen molar-refractivity contribution in [3.05, 3.63) is 0 Å². The van der Waals surface area contributed by atoms with Gasteiger partial charge in [-0.15, -0.1) is 0 Å². The van der Waals surface area contributed by atoms with Gasteiger partial charge in [-0.3, -0.25) is 0 Å². The molecule has 2 amide bonds. The summed E-state index contributed by atoms with van der Waals surface area (Å²) in [5, 5.41) is 15.1. The van der Waals surface area contributed by atoms with Crippen LogP contribution in [0.2, 0.25) is 0 Å². The highest BCUT2D eigenvalue weighted by Crippen LogP contribution is 2.62. The molecule has 0 saturated heterocycles. The Morgan fingerprint density at radius 2 is 1.92 bits per heavy atom. The molecule has 0 aromatic carbocycles. The van der Waals surface area contributed by atoms with Crippen LogP contribution in [0.25, 0.3) is 0 Å². The minimum atomic E-state index is -0.639. The Morgan fingerprint density at radius 1 is 1.25 bits per heavy atom. The van der Waals surface area contributed by atoms with Crippen molar-refractivity contribution >= 4 is 11.7 Å². The molecule has 2 fully saturated rings. The smallest absolute Gasteiger partial charge is 0.332 e. The molecule has 0 aromatic heterocycles. The first-order chi connectivity index (χ1) is 11.0.